The zero-order valence-electron chi connectivity index (χ0n) is 19.0. The molecule has 1 unspecified atom stereocenters. The van der Waals surface area contributed by atoms with Crippen molar-refractivity contribution in [3.8, 4) is 5.75 Å². The third-order valence-electron chi connectivity index (χ3n) is 5.39. The van der Waals surface area contributed by atoms with Crippen LogP contribution in [0.3, 0.4) is 0 Å². The summed E-state index contributed by atoms with van der Waals surface area (Å²) in [6.45, 7) is 9.03. The van der Waals surface area contributed by atoms with E-state index in [1.807, 2.05) is 55.5 Å². The van der Waals surface area contributed by atoms with E-state index in [1.54, 1.807) is 0 Å². The molecule has 0 spiro atoms. The molecule has 1 atom stereocenters. The summed E-state index contributed by atoms with van der Waals surface area (Å²) in [5.74, 6) is 1.61. The van der Waals surface area contributed by atoms with Crippen molar-refractivity contribution >= 4 is 5.96 Å². The average molecular weight is 441 g/mol. The SMILES string of the molecule is CCNC(=NCc1ccccc1OCCN1CCOCC1)NCCC(O)c1ccccc1. The first-order chi connectivity index (χ1) is 15.8. The van der Waals surface area contributed by atoms with Crippen LogP contribution in [0.25, 0.3) is 0 Å². The summed E-state index contributed by atoms with van der Waals surface area (Å²) in [5, 5.41) is 16.9. The molecule has 1 saturated heterocycles. The Kier molecular flexibility index (Phi) is 10.3. The number of morpholine rings is 1. The Hall–Kier alpha value is -2.61. The molecule has 1 aliphatic rings. The van der Waals surface area contributed by atoms with Crippen LogP contribution in [0.5, 0.6) is 5.75 Å². The minimum Gasteiger partial charge on any atom is -0.492 e. The van der Waals surface area contributed by atoms with E-state index in [1.165, 1.54) is 0 Å². The van der Waals surface area contributed by atoms with E-state index in [4.69, 9.17) is 14.5 Å². The second kappa shape index (κ2) is 13.7. The number of benzene rings is 2. The van der Waals surface area contributed by atoms with Crippen molar-refractivity contribution in [2.75, 3.05) is 52.5 Å². The Bertz CT molecular complexity index is 810. The van der Waals surface area contributed by atoms with Crippen LogP contribution < -0.4 is 15.4 Å². The summed E-state index contributed by atoms with van der Waals surface area (Å²) in [5.41, 5.74) is 1.98. The molecule has 0 amide bonds. The van der Waals surface area contributed by atoms with Crippen LogP contribution in [-0.4, -0.2) is 68.5 Å². The predicted octanol–water partition coefficient (Wildman–Crippen LogP) is 2.58. The molecule has 3 rings (SSSR count). The molecule has 0 saturated carbocycles. The van der Waals surface area contributed by atoms with E-state index in [0.717, 1.165) is 62.2 Å². The molecule has 1 fully saturated rings. The van der Waals surface area contributed by atoms with Gasteiger partial charge in [0.2, 0.25) is 0 Å². The molecular weight excluding hydrogens is 404 g/mol. The number of nitrogens with zero attached hydrogens (tertiary/aromatic N) is 2. The number of rotatable bonds is 11. The van der Waals surface area contributed by atoms with Crippen molar-refractivity contribution in [3.05, 3.63) is 65.7 Å². The van der Waals surface area contributed by atoms with Gasteiger partial charge in [0, 0.05) is 38.3 Å². The van der Waals surface area contributed by atoms with Gasteiger partial charge in [-0.1, -0.05) is 48.5 Å². The van der Waals surface area contributed by atoms with Crippen LogP contribution >= 0.6 is 0 Å². The molecule has 0 radical (unpaired) electrons. The van der Waals surface area contributed by atoms with E-state index < -0.39 is 6.10 Å². The summed E-state index contributed by atoms with van der Waals surface area (Å²) in [4.78, 5) is 7.08. The number of hydrogen-bond donors (Lipinski definition) is 3. The van der Waals surface area contributed by atoms with E-state index in [9.17, 15) is 5.11 Å². The molecule has 174 valence electrons. The highest BCUT2D eigenvalue weighted by Crippen LogP contribution is 2.19. The minimum absolute atomic E-state index is 0.493. The second-order valence-electron chi connectivity index (χ2n) is 7.75. The normalized spacial score (nSPS) is 15.9. The summed E-state index contributed by atoms with van der Waals surface area (Å²) in [7, 11) is 0. The molecule has 2 aromatic carbocycles. The molecule has 3 N–H and O–H groups in total. The van der Waals surface area contributed by atoms with Gasteiger partial charge in [0.1, 0.15) is 12.4 Å². The number of nitrogens with one attached hydrogen (secondary N) is 2. The van der Waals surface area contributed by atoms with Gasteiger partial charge in [0.15, 0.2) is 5.96 Å². The van der Waals surface area contributed by atoms with E-state index >= 15 is 0 Å². The average Bonchev–Trinajstić information content (AvgIpc) is 2.84. The molecular formula is C25H36N4O3. The number of guanidine groups is 1. The molecule has 7 nitrogen and oxygen atoms in total. The molecule has 1 aliphatic heterocycles. The highest BCUT2D eigenvalue weighted by molar-refractivity contribution is 5.79. The van der Waals surface area contributed by atoms with Crippen molar-refractivity contribution in [3.63, 3.8) is 0 Å². The first kappa shape index (κ1) is 24.0. The van der Waals surface area contributed by atoms with Gasteiger partial charge in [-0.05, 0) is 25.0 Å². The highest BCUT2D eigenvalue weighted by atomic mass is 16.5. The lowest BCUT2D eigenvalue weighted by Gasteiger charge is -2.26. The third-order valence-corrected chi connectivity index (χ3v) is 5.39. The van der Waals surface area contributed by atoms with Gasteiger partial charge in [-0.15, -0.1) is 0 Å². The van der Waals surface area contributed by atoms with E-state index in [0.29, 0.717) is 26.1 Å². The van der Waals surface area contributed by atoms with Gasteiger partial charge < -0.3 is 25.2 Å². The Morgan fingerprint density at radius 1 is 1.09 bits per heavy atom. The van der Waals surface area contributed by atoms with Crippen LogP contribution in [0.15, 0.2) is 59.6 Å². The van der Waals surface area contributed by atoms with Crippen molar-refractivity contribution in [1.82, 2.24) is 15.5 Å². The lowest BCUT2D eigenvalue weighted by atomic mass is 10.1. The fourth-order valence-electron chi connectivity index (χ4n) is 3.56. The van der Waals surface area contributed by atoms with Crippen molar-refractivity contribution in [2.24, 2.45) is 4.99 Å². The lowest BCUT2D eigenvalue weighted by Crippen LogP contribution is -2.38. The Morgan fingerprint density at radius 3 is 2.62 bits per heavy atom. The van der Waals surface area contributed by atoms with Crippen LogP contribution in [0.1, 0.15) is 30.6 Å². The van der Waals surface area contributed by atoms with Crippen molar-refractivity contribution in [2.45, 2.75) is 26.0 Å². The number of hydrogen-bond acceptors (Lipinski definition) is 5. The zero-order chi connectivity index (χ0) is 22.4. The number of aliphatic hydroxyl groups is 1. The van der Waals surface area contributed by atoms with Crippen molar-refractivity contribution < 1.29 is 14.6 Å². The van der Waals surface area contributed by atoms with Gasteiger partial charge in [-0.3, -0.25) is 4.90 Å². The Labute approximate surface area is 191 Å². The Balaban J connectivity index is 1.49. The largest absolute Gasteiger partial charge is 0.492 e. The lowest BCUT2D eigenvalue weighted by molar-refractivity contribution is 0.0322. The maximum Gasteiger partial charge on any atom is 0.191 e. The van der Waals surface area contributed by atoms with Crippen LogP contribution in [-0.2, 0) is 11.3 Å². The zero-order valence-corrected chi connectivity index (χ0v) is 19.0. The molecule has 7 heteroatoms. The van der Waals surface area contributed by atoms with Crippen LogP contribution in [0, 0.1) is 0 Å². The highest BCUT2D eigenvalue weighted by Gasteiger charge is 2.11. The maximum absolute atomic E-state index is 10.4. The fourth-order valence-corrected chi connectivity index (χ4v) is 3.56. The smallest absolute Gasteiger partial charge is 0.191 e. The molecule has 0 aromatic heterocycles. The molecule has 2 aromatic rings. The van der Waals surface area contributed by atoms with Gasteiger partial charge in [-0.2, -0.15) is 0 Å². The topological polar surface area (TPSA) is 78.4 Å². The summed E-state index contributed by atoms with van der Waals surface area (Å²) in [6, 6.07) is 17.8. The van der Waals surface area contributed by atoms with Gasteiger partial charge >= 0.3 is 0 Å². The maximum atomic E-state index is 10.4. The number of ether oxygens (including phenoxy) is 2. The Morgan fingerprint density at radius 2 is 1.84 bits per heavy atom. The summed E-state index contributed by atoms with van der Waals surface area (Å²) >= 11 is 0. The van der Waals surface area contributed by atoms with Crippen LogP contribution in [0.4, 0.5) is 0 Å². The number of aliphatic hydroxyl groups excluding tert-OH is 1. The quantitative estimate of drug-likeness (QED) is 0.368. The van der Waals surface area contributed by atoms with Gasteiger partial charge in [0.05, 0.1) is 25.9 Å². The minimum atomic E-state index is -0.493. The first-order valence-corrected chi connectivity index (χ1v) is 11.5. The van der Waals surface area contributed by atoms with Gasteiger partial charge in [0.25, 0.3) is 0 Å². The number of aliphatic imine (C=N–C) groups is 1. The van der Waals surface area contributed by atoms with E-state index in [2.05, 4.69) is 21.6 Å². The molecule has 1 heterocycles. The molecule has 0 aliphatic carbocycles. The summed E-state index contributed by atoms with van der Waals surface area (Å²) < 4.78 is 11.5. The molecule has 0 bridgehead atoms. The fraction of sp³-hybridized carbons (Fsp3) is 0.480. The summed E-state index contributed by atoms with van der Waals surface area (Å²) in [6.07, 6.45) is 0.113. The predicted molar refractivity (Wildman–Crippen MR) is 128 cm³/mol. The standard InChI is InChI=1S/C25H36N4O3/c1-2-26-25(27-13-12-23(30)21-8-4-3-5-9-21)28-20-22-10-6-7-11-24(22)32-19-16-29-14-17-31-18-15-29/h3-11,23,30H,2,12-20H2,1H3,(H2,26,27,28). The monoisotopic (exact) mass is 440 g/mol. The van der Waals surface area contributed by atoms with Gasteiger partial charge in [-0.25, -0.2) is 4.99 Å². The number of para-hydroxylation sites is 1. The van der Waals surface area contributed by atoms with Crippen molar-refractivity contribution in [1.29, 1.82) is 0 Å². The second-order valence-corrected chi connectivity index (χ2v) is 7.75. The van der Waals surface area contributed by atoms with Crippen LogP contribution in [0.2, 0.25) is 0 Å². The van der Waals surface area contributed by atoms with E-state index in [-0.39, 0.29) is 0 Å². The molecule has 32 heavy (non-hydrogen) atoms. The third kappa shape index (κ3) is 8.15. The first-order valence-electron chi connectivity index (χ1n) is 11.5.